The zero-order valence-electron chi connectivity index (χ0n) is 12.7. The monoisotopic (exact) mass is 260 g/mol. The van der Waals surface area contributed by atoms with Crippen molar-refractivity contribution in [1.29, 1.82) is 0 Å². The molecule has 1 N–H and O–H groups in total. The molecule has 106 valence electrons. The summed E-state index contributed by atoms with van der Waals surface area (Å²) in [4.78, 5) is 2.51. The van der Waals surface area contributed by atoms with Gasteiger partial charge in [-0.2, -0.15) is 0 Å². The maximum Gasteiger partial charge on any atom is 0.0217 e. The van der Waals surface area contributed by atoms with Gasteiger partial charge in [-0.25, -0.2) is 0 Å². The molecule has 2 rings (SSSR count). The van der Waals surface area contributed by atoms with Crippen LogP contribution < -0.4 is 5.32 Å². The lowest BCUT2D eigenvalue weighted by Crippen LogP contribution is -2.45. The van der Waals surface area contributed by atoms with Crippen molar-refractivity contribution in [1.82, 2.24) is 10.2 Å². The second kappa shape index (κ2) is 6.53. The molecule has 1 atom stereocenters. The number of benzene rings is 1. The van der Waals surface area contributed by atoms with Crippen LogP contribution in [-0.4, -0.2) is 37.6 Å². The summed E-state index contributed by atoms with van der Waals surface area (Å²) in [6.45, 7) is 8.06. The highest BCUT2D eigenvalue weighted by Gasteiger charge is 2.22. The average molecular weight is 260 g/mol. The molecule has 0 spiro atoms. The molecule has 0 saturated carbocycles. The van der Waals surface area contributed by atoms with E-state index in [2.05, 4.69) is 61.4 Å². The Hall–Kier alpha value is -0.860. The van der Waals surface area contributed by atoms with Gasteiger partial charge in [-0.3, -0.25) is 0 Å². The highest BCUT2D eigenvalue weighted by molar-refractivity contribution is 5.23. The Morgan fingerprint density at radius 1 is 1.21 bits per heavy atom. The third kappa shape index (κ3) is 4.05. The number of hydrogen-bond donors (Lipinski definition) is 1. The molecule has 1 aliphatic rings. The van der Waals surface area contributed by atoms with Crippen molar-refractivity contribution in [2.24, 2.45) is 0 Å². The van der Waals surface area contributed by atoms with E-state index in [1.807, 2.05) is 0 Å². The molecule has 0 amide bonds. The van der Waals surface area contributed by atoms with Crippen molar-refractivity contribution >= 4 is 0 Å². The van der Waals surface area contributed by atoms with Gasteiger partial charge in [-0.1, -0.05) is 50.6 Å². The lowest BCUT2D eigenvalue weighted by atomic mass is 9.84. The summed E-state index contributed by atoms with van der Waals surface area (Å²) in [5.41, 5.74) is 1.62. The van der Waals surface area contributed by atoms with Crippen LogP contribution in [0.2, 0.25) is 0 Å². The summed E-state index contributed by atoms with van der Waals surface area (Å²) < 4.78 is 0. The lowest BCUT2D eigenvalue weighted by Gasteiger charge is -2.34. The molecule has 0 radical (unpaired) electrons. The minimum absolute atomic E-state index is 0.203. The van der Waals surface area contributed by atoms with E-state index in [4.69, 9.17) is 0 Å². The lowest BCUT2D eigenvalue weighted by molar-refractivity contribution is 0.179. The third-order valence-electron chi connectivity index (χ3n) is 4.42. The first kappa shape index (κ1) is 14.5. The van der Waals surface area contributed by atoms with Crippen molar-refractivity contribution in [3.8, 4) is 0 Å². The van der Waals surface area contributed by atoms with Gasteiger partial charge < -0.3 is 10.2 Å². The Balaban J connectivity index is 1.81. The van der Waals surface area contributed by atoms with E-state index in [-0.39, 0.29) is 5.41 Å². The highest BCUT2D eigenvalue weighted by Crippen LogP contribution is 2.22. The molecule has 0 aromatic heterocycles. The highest BCUT2D eigenvalue weighted by atomic mass is 15.2. The maximum absolute atomic E-state index is 3.68. The maximum atomic E-state index is 3.68. The molecule has 1 heterocycles. The number of rotatable bonds is 5. The number of hydrogen-bond acceptors (Lipinski definition) is 2. The summed E-state index contributed by atoms with van der Waals surface area (Å²) in [6, 6.07) is 11.5. The fraction of sp³-hybridized carbons (Fsp3) is 0.647. The molecule has 2 heteroatoms. The number of piperidine rings is 1. The first-order chi connectivity index (χ1) is 9.09. The Bertz CT molecular complexity index is 372. The second-order valence-electron chi connectivity index (χ2n) is 6.51. The molecule has 0 bridgehead atoms. The number of nitrogens with one attached hydrogen (secondary N) is 1. The van der Waals surface area contributed by atoms with Gasteiger partial charge in [0.05, 0.1) is 0 Å². The standard InChI is InChI=1S/C17H28N2/c1-17(2,15-9-5-4-6-10-15)14-18-13-16-11-7-8-12-19(16)3/h4-6,9-10,16,18H,7-8,11-14H2,1-3H3. The SMILES string of the molecule is CN1CCCCC1CNCC(C)(C)c1ccccc1. The molecule has 0 aliphatic carbocycles. The number of nitrogens with zero attached hydrogens (tertiary/aromatic N) is 1. The predicted octanol–water partition coefficient (Wildman–Crippen LogP) is 3.04. The molecule has 1 aliphatic heterocycles. The van der Waals surface area contributed by atoms with Gasteiger partial charge in [0.1, 0.15) is 0 Å². The molecule has 1 saturated heterocycles. The third-order valence-corrected chi connectivity index (χ3v) is 4.42. The van der Waals surface area contributed by atoms with Crippen molar-refractivity contribution in [2.45, 2.75) is 44.6 Å². The second-order valence-corrected chi connectivity index (χ2v) is 6.51. The zero-order chi connectivity index (χ0) is 13.7. The van der Waals surface area contributed by atoms with Crippen LogP contribution in [0.15, 0.2) is 30.3 Å². The zero-order valence-corrected chi connectivity index (χ0v) is 12.7. The van der Waals surface area contributed by atoms with E-state index in [0.29, 0.717) is 0 Å². The minimum atomic E-state index is 0.203. The summed E-state index contributed by atoms with van der Waals surface area (Å²) in [5, 5.41) is 3.68. The Morgan fingerprint density at radius 2 is 1.95 bits per heavy atom. The minimum Gasteiger partial charge on any atom is -0.314 e. The summed E-state index contributed by atoms with van der Waals surface area (Å²) in [7, 11) is 2.26. The molecule has 1 aromatic carbocycles. The average Bonchev–Trinajstić information content (AvgIpc) is 2.42. The first-order valence-electron chi connectivity index (χ1n) is 7.56. The smallest absolute Gasteiger partial charge is 0.0217 e. The first-order valence-corrected chi connectivity index (χ1v) is 7.56. The van der Waals surface area contributed by atoms with Crippen LogP contribution in [0.4, 0.5) is 0 Å². The molecular weight excluding hydrogens is 232 g/mol. The van der Waals surface area contributed by atoms with Crippen molar-refractivity contribution in [3.63, 3.8) is 0 Å². The Kier molecular flexibility index (Phi) is 5.00. The molecule has 1 aromatic rings. The molecule has 19 heavy (non-hydrogen) atoms. The van der Waals surface area contributed by atoms with Crippen molar-refractivity contribution in [3.05, 3.63) is 35.9 Å². The van der Waals surface area contributed by atoms with E-state index < -0.39 is 0 Å². The van der Waals surface area contributed by atoms with E-state index in [9.17, 15) is 0 Å². The topological polar surface area (TPSA) is 15.3 Å². The number of likely N-dealkylation sites (tertiary alicyclic amines) is 1. The van der Waals surface area contributed by atoms with E-state index in [1.54, 1.807) is 0 Å². The van der Waals surface area contributed by atoms with Gasteiger partial charge >= 0.3 is 0 Å². The molecule has 1 fully saturated rings. The van der Waals surface area contributed by atoms with Gasteiger partial charge in [-0.15, -0.1) is 0 Å². The molecular formula is C17H28N2. The van der Waals surface area contributed by atoms with Gasteiger partial charge in [-0.05, 0) is 32.0 Å². The van der Waals surface area contributed by atoms with Crippen LogP contribution in [-0.2, 0) is 5.41 Å². The van der Waals surface area contributed by atoms with Crippen LogP contribution in [0.5, 0.6) is 0 Å². The largest absolute Gasteiger partial charge is 0.314 e. The van der Waals surface area contributed by atoms with Crippen molar-refractivity contribution < 1.29 is 0 Å². The van der Waals surface area contributed by atoms with Crippen LogP contribution in [0.1, 0.15) is 38.7 Å². The van der Waals surface area contributed by atoms with E-state index in [1.165, 1.54) is 31.4 Å². The fourth-order valence-electron chi connectivity index (χ4n) is 2.94. The number of likely N-dealkylation sites (N-methyl/N-ethyl adjacent to an activating group) is 1. The van der Waals surface area contributed by atoms with Gasteiger partial charge in [0.15, 0.2) is 0 Å². The van der Waals surface area contributed by atoms with Crippen LogP contribution in [0.3, 0.4) is 0 Å². The van der Waals surface area contributed by atoms with Gasteiger partial charge in [0.25, 0.3) is 0 Å². The summed E-state index contributed by atoms with van der Waals surface area (Å²) >= 11 is 0. The van der Waals surface area contributed by atoms with E-state index >= 15 is 0 Å². The van der Waals surface area contributed by atoms with Gasteiger partial charge in [0.2, 0.25) is 0 Å². The summed E-state index contributed by atoms with van der Waals surface area (Å²) in [5.74, 6) is 0. The predicted molar refractivity (Wildman–Crippen MR) is 82.6 cm³/mol. The van der Waals surface area contributed by atoms with Crippen LogP contribution >= 0.6 is 0 Å². The molecule has 2 nitrogen and oxygen atoms in total. The van der Waals surface area contributed by atoms with Crippen LogP contribution in [0, 0.1) is 0 Å². The molecule has 1 unspecified atom stereocenters. The Morgan fingerprint density at radius 3 is 2.63 bits per heavy atom. The van der Waals surface area contributed by atoms with Crippen LogP contribution in [0.25, 0.3) is 0 Å². The normalized spacial score (nSPS) is 21.5. The quantitative estimate of drug-likeness (QED) is 0.875. The summed E-state index contributed by atoms with van der Waals surface area (Å²) in [6.07, 6.45) is 4.09. The fourth-order valence-corrected chi connectivity index (χ4v) is 2.94. The Labute approximate surface area is 118 Å². The van der Waals surface area contributed by atoms with E-state index in [0.717, 1.165) is 19.1 Å². The van der Waals surface area contributed by atoms with Gasteiger partial charge in [0, 0.05) is 24.5 Å². The van der Waals surface area contributed by atoms with Crippen molar-refractivity contribution in [2.75, 3.05) is 26.7 Å².